The molecule has 0 saturated carbocycles. The Morgan fingerprint density at radius 2 is 2.00 bits per heavy atom. The van der Waals surface area contributed by atoms with E-state index in [1.54, 1.807) is 10.7 Å². The van der Waals surface area contributed by atoms with Crippen molar-refractivity contribution in [2.24, 2.45) is 0 Å². The minimum Gasteiger partial charge on any atom is -0.313 e. The van der Waals surface area contributed by atoms with Gasteiger partial charge >= 0.3 is 0 Å². The Morgan fingerprint density at radius 1 is 1.20 bits per heavy atom. The maximum atomic E-state index is 14.3. The van der Waals surface area contributed by atoms with Crippen LogP contribution in [-0.2, 0) is 19.4 Å². The van der Waals surface area contributed by atoms with Crippen LogP contribution in [0.3, 0.4) is 0 Å². The van der Waals surface area contributed by atoms with Crippen LogP contribution in [0.25, 0.3) is 5.69 Å². The second-order valence-electron chi connectivity index (χ2n) is 4.77. The van der Waals surface area contributed by atoms with Gasteiger partial charge in [0.15, 0.2) is 0 Å². The van der Waals surface area contributed by atoms with Gasteiger partial charge in [-0.3, -0.25) is 0 Å². The lowest BCUT2D eigenvalue weighted by Crippen LogP contribution is -2.16. The molecule has 1 N–H and O–H groups in total. The average Bonchev–Trinajstić information content (AvgIpc) is 2.88. The average molecular weight is 275 g/mol. The van der Waals surface area contributed by atoms with Crippen LogP contribution in [0.15, 0.2) is 24.3 Å². The highest BCUT2D eigenvalue weighted by Crippen LogP contribution is 2.21. The number of hydrogen-bond donors (Lipinski definition) is 1. The third-order valence-corrected chi connectivity index (χ3v) is 3.41. The number of nitrogens with zero attached hydrogens (tertiary/aromatic N) is 2. The molecular formula is C16H22FN3. The van der Waals surface area contributed by atoms with E-state index in [0.717, 1.165) is 36.3 Å². The van der Waals surface area contributed by atoms with Crippen molar-refractivity contribution in [3.63, 3.8) is 0 Å². The normalized spacial score (nSPS) is 11.0. The summed E-state index contributed by atoms with van der Waals surface area (Å²) in [6.07, 6.45) is 1.69. The van der Waals surface area contributed by atoms with Gasteiger partial charge in [0, 0.05) is 12.2 Å². The number of rotatable bonds is 6. The summed E-state index contributed by atoms with van der Waals surface area (Å²) < 4.78 is 16.1. The van der Waals surface area contributed by atoms with Gasteiger partial charge in [-0.1, -0.05) is 32.9 Å². The molecule has 2 aromatic rings. The van der Waals surface area contributed by atoms with Gasteiger partial charge < -0.3 is 5.32 Å². The molecular weight excluding hydrogens is 253 g/mol. The molecule has 1 aromatic carbocycles. The predicted octanol–water partition coefficient (Wildman–Crippen LogP) is 3.25. The first-order chi connectivity index (χ1) is 9.71. The van der Waals surface area contributed by atoms with E-state index in [1.807, 2.05) is 13.0 Å². The third kappa shape index (κ3) is 2.90. The molecule has 0 aliphatic heterocycles. The van der Waals surface area contributed by atoms with Gasteiger partial charge in [-0.15, -0.1) is 0 Å². The molecule has 0 atom stereocenters. The number of halogens is 1. The summed E-state index contributed by atoms with van der Waals surface area (Å²) in [5.74, 6) is -0.221. The molecule has 0 fully saturated rings. The second-order valence-corrected chi connectivity index (χ2v) is 4.77. The zero-order chi connectivity index (χ0) is 14.5. The van der Waals surface area contributed by atoms with Gasteiger partial charge in [-0.2, -0.15) is 5.10 Å². The summed E-state index contributed by atoms with van der Waals surface area (Å²) in [4.78, 5) is 0. The fourth-order valence-corrected chi connectivity index (χ4v) is 2.29. The molecule has 0 saturated heterocycles. The fourth-order valence-electron chi connectivity index (χ4n) is 2.29. The van der Waals surface area contributed by atoms with Crippen LogP contribution in [0.1, 0.15) is 37.7 Å². The van der Waals surface area contributed by atoms with Crippen molar-refractivity contribution in [3.05, 3.63) is 47.0 Å². The summed E-state index contributed by atoms with van der Waals surface area (Å²) in [6, 6.07) is 7.26. The highest BCUT2D eigenvalue weighted by Gasteiger charge is 2.15. The standard InChI is InChI=1S/C16H22FN3/c1-4-13-10-14(5-2)20(19-13)16-12(11-18-6-3)8-7-9-15(16)17/h7-10,18H,4-6,11H2,1-3H3. The zero-order valence-corrected chi connectivity index (χ0v) is 12.4. The Kier molecular flexibility index (Phi) is 4.90. The summed E-state index contributed by atoms with van der Waals surface area (Å²) in [7, 11) is 0. The van der Waals surface area contributed by atoms with Crippen LogP contribution in [0.5, 0.6) is 0 Å². The van der Waals surface area contributed by atoms with Crippen LogP contribution >= 0.6 is 0 Å². The van der Waals surface area contributed by atoms with Crippen molar-refractivity contribution in [2.45, 2.75) is 40.2 Å². The molecule has 1 aromatic heterocycles. The van der Waals surface area contributed by atoms with Crippen LogP contribution in [0.4, 0.5) is 4.39 Å². The summed E-state index contributed by atoms with van der Waals surface area (Å²) in [6.45, 7) is 7.67. The highest BCUT2D eigenvalue weighted by molar-refractivity contribution is 5.43. The van der Waals surface area contributed by atoms with E-state index < -0.39 is 0 Å². The molecule has 0 unspecified atom stereocenters. The van der Waals surface area contributed by atoms with Gasteiger partial charge in [0.1, 0.15) is 11.5 Å². The first-order valence-electron chi connectivity index (χ1n) is 7.27. The Hall–Kier alpha value is -1.68. The van der Waals surface area contributed by atoms with E-state index in [9.17, 15) is 4.39 Å². The van der Waals surface area contributed by atoms with E-state index in [-0.39, 0.29) is 5.82 Å². The van der Waals surface area contributed by atoms with E-state index in [2.05, 4.69) is 30.3 Å². The minimum absolute atomic E-state index is 0.221. The van der Waals surface area contributed by atoms with Crippen LogP contribution in [-0.4, -0.2) is 16.3 Å². The van der Waals surface area contributed by atoms with Gasteiger partial charge in [0.05, 0.1) is 5.69 Å². The Morgan fingerprint density at radius 3 is 2.65 bits per heavy atom. The first kappa shape index (κ1) is 14.7. The zero-order valence-electron chi connectivity index (χ0n) is 12.4. The van der Waals surface area contributed by atoms with E-state index in [1.165, 1.54) is 6.07 Å². The van der Waals surface area contributed by atoms with Gasteiger partial charge in [0.2, 0.25) is 0 Å². The van der Waals surface area contributed by atoms with Gasteiger partial charge in [-0.25, -0.2) is 9.07 Å². The summed E-state index contributed by atoms with van der Waals surface area (Å²) in [5.41, 5.74) is 3.56. The van der Waals surface area contributed by atoms with E-state index >= 15 is 0 Å². The van der Waals surface area contributed by atoms with E-state index in [4.69, 9.17) is 0 Å². The monoisotopic (exact) mass is 275 g/mol. The molecule has 108 valence electrons. The molecule has 0 aliphatic carbocycles. The minimum atomic E-state index is -0.221. The molecule has 4 heteroatoms. The number of benzene rings is 1. The molecule has 1 heterocycles. The molecule has 3 nitrogen and oxygen atoms in total. The first-order valence-corrected chi connectivity index (χ1v) is 7.27. The molecule has 0 spiro atoms. The lowest BCUT2D eigenvalue weighted by molar-refractivity contribution is 0.597. The topological polar surface area (TPSA) is 29.9 Å². The largest absolute Gasteiger partial charge is 0.313 e. The second kappa shape index (κ2) is 6.66. The highest BCUT2D eigenvalue weighted by atomic mass is 19.1. The SMILES string of the molecule is CCNCc1cccc(F)c1-n1nc(CC)cc1CC. The van der Waals surface area contributed by atoms with Crippen molar-refractivity contribution in [3.8, 4) is 5.69 Å². The number of para-hydroxylation sites is 1. The van der Waals surface area contributed by atoms with E-state index in [0.29, 0.717) is 12.2 Å². The van der Waals surface area contributed by atoms with Crippen molar-refractivity contribution < 1.29 is 4.39 Å². The molecule has 0 bridgehead atoms. The number of aryl methyl sites for hydroxylation is 2. The molecule has 0 radical (unpaired) electrons. The number of aromatic nitrogens is 2. The van der Waals surface area contributed by atoms with Gasteiger partial charge in [0.25, 0.3) is 0 Å². The van der Waals surface area contributed by atoms with Crippen LogP contribution in [0.2, 0.25) is 0 Å². The predicted molar refractivity (Wildman–Crippen MR) is 79.7 cm³/mol. The summed E-state index contributed by atoms with van der Waals surface area (Å²) >= 11 is 0. The lowest BCUT2D eigenvalue weighted by Gasteiger charge is -2.13. The molecule has 0 aliphatic rings. The maximum Gasteiger partial charge on any atom is 0.149 e. The number of nitrogens with one attached hydrogen (secondary N) is 1. The maximum absolute atomic E-state index is 14.3. The van der Waals surface area contributed by atoms with Crippen molar-refractivity contribution in [1.29, 1.82) is 0 Å². The Bertz CT molecular complexity index is 575. The molecule has 2 rings (SSSR count). The Labute approximate surface area is 119 Å². The fraction of sp³-hybridized carbons (Fsp3) is 0.438. The Balaban J connectivity index is 2.52. The molecule has 0 amide bonds. The van der Waals surface area contributed by atoms with Crippen molar-refractivity contribution in [1.82, 2.24) is 15.1 Å². The third-order valence-electron chi connectivity index (χ3n) is 3.41. The van der Waals surface area contributed by atoms with Crippen LogP contribution < -0.4 is 5.32 Å². The van der Waals surface area contributed by atoms with Gasteiger partial charge in [-0.05, 0) is 37.1 Å². The summed E-state index contributed by atoms with van der Waals surface area (Å²) in [5, 5.41) is 7.80. The van der Waals surface area contributed by atoms with Crippen molar-refractivity contribution in [2.75, 3.05) is 6.54 Å². The lowest BCUT2D eigenvalue weighted by atomic mass is 10.1. The smallest absolute Gasteiger partial charge is 0.149 e. The van der Waals surface area contributed by atoms with Crippen molar-refractivity contribution >= 4 is 0 Å². The quantitative estimate of drug-likeness (QED) is 0.877. The molecule has 20 heavy (non-hydrogen) atoms. The number of hydrogen-bond acceptors (Lipinski definition) is 2. The van der Waals surface area contributed by atoms with Crippen LogP contribution in [0, 0.1) is 5.82 Å².